The van der Waals surface area contributed by atoms with E-state index in [9.17, 15) is 0 Å². The van der Waals surface area contributed by atoms with Crippen molar-refractivity contribution in [1.82, 2.24) is 20.3 Å². The minimum atomic E-state index is 0.102. The number of hydrogen-bond acceptors (Lipinski definition) is 4. The van der Waals surface area contributed by atoms with Crippen molar-refractivity contribution in [3.63, 3.8) is 0 Å². The summed E-state index contributed by atoms with van der Waals surface area (Å²) in [5, 5.41) is 11.6. The minimum Gasteiger partial charge on any atom is -0.377 e. The van der Waals surface area contributed by atoms with Gasteiger partial charge in [0.15, 0.2) is 0 Å². The molecule has 0 saturated heterocycles. The summed E-state index contributed by atoms with van der Waals surface area (Å²) < 4.78 is 7.29. The van der Waals surface area contributed by atoms with E-state index in [4.69, 9.17) is 4.74 Å². The Hall–Kier alpha value is -0.940. The summed E-state index contributed by atoms with van der Waals surface area (Å²) in [5.74, 6) is 0. The van der Waals surface area contributed by atoms with Crippen LogP contribution in [-0.2, 0) is 17.8 Å². The Morgan fingerprint density at radius 2 is 2.12 bits per heavy atom. The maximum Gasteiger partial charge on any atom is 0.0965 e. The molecule has 0 radical (unpaired) electrons. The number of aromatic nitrogens is 3. The van der Waals surface area contributed by atoms with Crippen molar-refractivity contribution in [2.45, 2.75) is 59.4 Å². The van der Waals surface area contributed by atoms with Gasteiger partial charge < -0.3 is 10.1 Å². The zero-order chi connectivity index (χ0) is 12.9. The molecule has 17 heavy (non-hydrogen) atoms. The third-order valence-electron chi connectivity index (χ3n) is 2.16. The SMILES string of the molecule is CC(C)OCCn1cc(CNC(C)(C)C)nn1. The number of rotatable bonds is 6. The van der Waals surface area contributed by atoms with E-state index in [1.54, 1.807) is 0 Å². The highest BCUT2D eigenvalue weighted by atomic mass is 16.5. The van der Waals surface area contributed by atoms with E-state index in [1.807, 2.05) is 24.7 Å². The smallest absolute Gasteiger partial charge is 0.0965 e. The van der Waals surface area contributed by atoms with Gasteiger partial charge >= 0.3 is 0 Å². The summed E-state index contributed by atoms with van der Waals surface area (Å²) in [6.07, 6.45) is 2.23. The van der Waals surface area contributed by atoms with Gasteiger partial charge in [-0.1, -0.05) is 5.21 Å². The molecular weight excluding hydrogens is 216 g/mol. The van der Waals surface area contributed by atoms with E-state index < -0.39 is 0 Å². The topological polar surface area (TPSA) is 52.0 Å². The van der Waals surface area contributed by atoms with E-state index in [0.29, 0.717) is 6.61 Å². The van der Waals surface area contributed by atoms with Crippen molar-refractivity contribution in [1.29, 1.82) is 0 Å². The summed E-state index contributed by atoms with van der Waals surface area (Å²) >= 11 is 0. The standard InChI is InChI=1S/C12H24N4O/c1-10(2)17-7-6-16-9-11(14-15-16)8-13-12(3,4)5/h9-10,13H,6-8H2,1-5H3. The van der Waals surface area contributed by atoms with Crippen LogP contribution in [0.1, 0.15) is 40.3 Å². The lowest BCUT2D eigenvalue weighted by Crippen LogP contribution is -2.35. The van der Waals surface area contributed by atoms with Crippen molar-refractivity contribution in [2.75, 3.05) is 6.61 Å². The van der Waals surface area contributed by atoms with Crippen LogP contribution < -0.4 is 5.32 Å². The predicted molar refractivity (Wildman–Crippen MR) is 67.7 cm³/mol. The van der Waals surface area contributed by atoms with E-state index in [2.05, 4.69) is 36.4 Å². The average Bonchev–Trinajstić information content (AvgIpc) is 2.61. The van der Waals surface area contributed by atoms with Gasteiger partial charge in [-0.3, -0.25) is 0 Å². The van der Waals surface area contributed by atoms with Crippen LogP contribution in [0.3, 0.4) is 0 Å². The Bertz CT molecular complexity index is 327. The van der Waals surface area contributed by atoms with E-state index in [0.717, 1.165) is 18.8 Å². The molecule has 0 aliphatic rings. The Labute approximate surface area is 104 Å². The largest absolute Gasteiger partial charge is 0.377 e. The molecule has 0 bridgehead atoms. The molecule has 1 N–H and O–H groups in total. The summed E-state index contributed by atoms with van der Waals surface area (Å²) in [6, 6.07) is 0. The van der Waals surface area contributed by atoms with Gasteiger partial charge in [-0.15, -0.1) is 5.10 Å². The van der Waals surface area contributed by atoms with Crippen molar-refractivity contribution in [3.05, 3.63) is 11.9 Å². The normalized spacial score (nSPS) is 12.4. The quantitative estimate of drug-likeness (QED) is 0.820. The lowest BCUT2D eigenvalue weighted by atomic mass is 10.1. The molecule has 0 spiro atoms. The van der Waals surface area contributed by atoms with Crippen LogP contribution in [0.25, 0.3) is 0 Å². The highest BCUT2D eigenvalue weighted by molar-refractivity contribution is 4.92. The second kappa shape index (κ2) is 6.12. The van der Waals surface area contributed by atoms with Gasteiger partial charge in [0.25, 0.3) is 0 Å². The summed E-state index contributed by atoms with van der Waals surface area (Å²) in [4.78, 5) is 0. The fraction of sp³-hybridized carbons (Fsp3) is 0.833. The van der Waals surface area contributed by atoms with Crippen LogP contribution in [0.15, 0.2) is 6.20 Å². The van der Waals surface area contributed by atoms with Gasteiger partial charge in [0.2, 0.25) is 0 Å². The molecule has 0 fully saturated rings. The van der Waals surface area contributed by atoms with Crippen molar-refractivity contribution in [2.24, 2.45) is 0 Å². The molecule has 0 aliphatic heterocycles. The molecule has 5 nitrogen and oxygen atoms in total. The first kappa shape index (κ1) is 14.1. The van der Waals surface area contributed by atoms with Crippen molar-refractivity contribution < 1.29 is 4.74 Å². The van der Waals surface area contributed by atoms with Crippen LogP contribution in [0, 0.1) is 0 Å². The first-order valence-corrected chi connectivity index (χ1v) is 6.12. The fourth-order valence-corrected chi connectivity index (χ4v) is 1.27. The van der Waals surface area contributed by atoms with Crippen molar-refractivity contribution >= 4 is 0 Å². The number of ether oxygens (including phenoxy) is 1. The lowest BCUT2D eigenvalue weighted by Gasteiger charge is -2.19. The Balaban J connectivity index is 2.32. The Morgan fingerprint density at radius 1 is 1.41 bits per heavy atom. The molecule has 0 aromatic carbocycles. The summed E-state index contributed by atoms with van der Waals surface area (Å²) in [5.41, 5.74) is 1.06. The van der Waals surface area contributed by atoms with Crippen LogP contribution in [0.5, 0.6) is 0 Å². The molecule has 0 unspecified atom stereocenters. The molecule has 0 amide bonds. The van der Waals surface area contributed by atoms with Crippen LogP contribution in [0.4, 0.5) is 0 Å². The minimum absolute atomic E-state index is 0.102. The summed E-state index contributed by atoms with van der Waals surface area (Å²) in [7, 11) is 0. The maximum absolute atomic E-state index is 5.47. The third-order valence-corrected chi connectivity index (χ3v) is 2.16. The lowest BCUT2D eigenvalue weighted by molar-refractivity contribution is 0.0707. The Morgan fingerprint density at radius 3 is 2.71 bits per heavy atom. The van der Waals surface area contributed by atoms with Gasteiger partial charge in [-0.05, 0) is 34.6 Å². The molecule has 5 heteroatoms. The van der Waals surface area contributed by atoms with E-state index in [1.165, 1.54) is 0 Å². The van der Waals surface area contributed by atoms with Gasteiger partial charge in [0, 0.05) is 18.3 Å². The first-order valence-electron chi connectivity index (χ1n) is 6.12. The zero-order valence-corrected chi connectivity index (χ0v) is 11.5. The van der Waals surface area contributed by atoms with Crippen molar-refractivity contribution in [3.8, 4) is 0 Å². The molecule has 1 rings (SSSR count). The van der Waals surface area contributed by atoms with E-state index >= 15 is 0 Å². The van der Waals surface area contributed by atoms with Crippen LogP contribution in [-0.4, -0.2) is 33.2 Å². The first-order chi connectivity index (χ1) is 7.87. The van der Waals surface area contributed by atoms with Gasteiger partial charge in [0.05, 0.1) is 24.9 Å². The van der Waals surface area contributed by atoms with E-state index in [-0.39, 0.29) is 11.6 Å². The third kappa shape index (κ3) is 6.38. The molecular formula is C12H24N4O. The second-order valence-corrected chi connectivity index (χ2v) is 5.50. The second-order valence-electron chi connectivity index (χ2n) is 5.50. The zero-order valence-electron chi connectivity index (χ0n) is 11.5. The van der Waals surface area contributed by atoms with Crippen LogP contribution >= 0.6 is 0 Å². The number of nitrogens with one attached hydrogen (secondary N) is 1. The monoisotopic (exact) mass is 240 g/mol. The average molecular weight is 240 g/mol. The number of nitrogens with zero attached hydrogens (tertiary/aromatic N) is 3. The molecule has 0 atom stereocenters. The highest BCUT2D eigenvalue weighted by Gasteiger charge is 2.09. The van der Waals surface area contributed by atoms with Crippen LogP contribution in [0.2, 0.25) is 0 Å². The number of hydrogen-bond donors (Lipinski definition) is 1. The summed E-state index contributed by atoms with van der Waals surface area (Å²) in [6.45, 7) is 12.6. The predicted octanol–water partition coefficient (Wildman–Crippen LogP) is 1.59. The van der Waals surface area contributed by atoms with Gasteiger partial charge in [0.1, 0.15) is 0 Å². The molecule has 98 valence electrons. The molecule has 1 aromatic heterocycles. The molecule has 1 aromatic rings. The molecule has 1 heterocycles. The Kier molecular flexibility index (Phi) is 5.08. The molecule has 0 saturated carbocycles. The van der Waals surface area contributed by atoms with Gasteiger partial charge in [-0.2, -0.15) is 0 Å². The maximum atomic E-state index is 5.47. The van der Waals surface area contributed by atoms with Gasteiger partial charge in [-0.25, -0.2) is 4.68 Å². The highest BCUT2D eigenvalue weighted by Crippen LogP contribution is 2.01. The molecule has 0 aliphatic carbocycles. The fourth-order valence-electron chi connectivity index (χ4n) is 1.27.